The van der Waals surface area contributed by atoms with Crippen molar-refractivity contribution < 1.29 is 21.9 Å². The fraction of sp³-hybridized carbons (Fsp3) is 0.273. The van der Waals surface area contributed by atoms with Crippen LogP contribution in [-0.4, -0.2) is 15.0 Å². The topological polar surface area (TPSA) is 43.4 Å². The SMILES string of the molecule is C=C(CC)COc1ccc(S(=O)(=O)Cl)c(F)c1F. The highest BCUT2D eigenvalue weighted by Gasteiger charge is 2.22. The average Bonchev–Trinajstić information content (AvgIpc) is 2.28. The molecule has 0 saturated carbocycles. The number of ether oxygens (including phenoxy) is 1. The largest absolute Gasteiger partial charge is 0.486 e. The van der Waals surface area contributed by atoms with Gasteiger partial charge >= 0.3 is 0 Å². The molecular formula is C11H11ClF2O3S. The Morgan fingerprint density at radius 2 is 2.00 bits per heavy atom. The van der Waals surface area contributed by atoms with E-state index in [0.717, 1.165) is 12.1 Å². The van der Waals surface area contributed by atoms with E-state index >= 15 is 0 Å². The first-order chi connectivity index (χ1) is 8.27. The van der Waals surface area contributed by atoms with Crippen molar-refractivity contribution >= 4 is 19.7 Å². The van der Waals surface area contributed by atoms with Gasteiger partial charge in [-0.25, -0.2) is 12.8 Å². The summed E-state index contributed by atoms with van der Waals surface area (Å²) in [6, 6.07) is 1.86. The lowest BCUT2D eigenvalue weighted by Crippen LogP contribution is -2.05. The molecule has 0 saturated heterocycles. The van der Waals surface area contributed by atoms with Crippen molar-refractivity contribution in [3.05, 3.63) is 35.9 Å². The zero-order valence-electron chi connectivity index (χ0n) is 9.54. The van der Waals surface area contributed by atoms with Crippen LogP contribution in [0, 0.1) is 11.6 Å². The van der Waals surface area contributed by atoms with E-state index in [4.69, 9.17) is 15.4 Å². The average molecular weight is 297 g/mol. The van der Waals surface area contributed by atoms with Gasteiger partial charge in [-0.15, -0.1) is 0 Å². The third-order valence-electron chi connectivity index (χ3n) is 2.21. The number of benzene rings is 1. The molecule has 1 aromatic carbocycles. The highest BCUT2D eigenvalue weighted by Crippen LogP contribution is 2.27. The van der Waals surface area contributed by atoms with Crippen molar-refractivity contribution in [3.63, 3.8) is 0 Å². The Kier molecular flexibility index (Phi) is 4.70. The minimum atomic E-state index is -4.32. The van der Waals surface area contributed by atoms with E-state index in [0.29, 0.717) is 12.0 Å². The van der Waals surface area contributed by atoms with Crippen molar-refractivity contribution in [3.8, 4) is 5.75 Å². The summed E-state index contributed by atoms with van der Waals surface area (Å²) < 4.78 is 53.8. The molecule has 0 heterocycles. The second kappa shape index (κ2) is 5.67. The highest BCUT2D eigenvalue weighted by atomic mass is 35.7. The summed E-state index contributed by atoms with van der Waals surface area (Å²) in [6.45, 7) is 5.51. The van der Waals surface area contributed by atoms with Crippen LogP contribution in [0.1, 0.15) is 13.3 Å². The Bertz CT molecular complexity index is 570. The number of hydrogen-bond acceptors (Lipinski definition) is 3. The van der Waals surface area contributed by atoms with E-state index in [2.05, 4.69) is 6.58 Å². The van der Waals surface area contributed by atoms with Gasteiger partial charge in [-0.3, -0.25) is 0 Å². The van der Waals surface area contributed by atoms with E-state index in [-0.39, 0.29) is 12.4 Å². The normalized spacial score (nSPS) is 11.3. The first kappa shape index (κ1) is 14.9. The van der Waals surface area contributed by atoms with Crippen molar-refractivity contribution in [2.75, 3.05) is 6.61 Å². The summed E-state index contributed by atoms with van der Waals surface area (Å²) in [5, 5.41) is 0. The smallest absolute Gasteiger partial charge is 0.264 e. The molecule has 7 heteroatoms. The van der Waals surface area contributed by atoms with E-state index in [1.807, 2.05) is 6.92 Å². The Balaban J connectivity index is 3.06. The van der Waals surface area contributed by atoms with Gasteiger partial charge in [0.15, 0.2) is 11.6 Å². The number of hydrogen-bond donors (Lipinski definition) is 0. The van der Waals surface area contributed by atoms with Crippen LogP contribution in [0.4, 0.5) is 8.78 Å². The monoisotopic (exact) mass is 296 g/mol. The quantitative estimate of drug-likeness (QED) is 0.619. The molecule has 0 N–H and O–H groups in total. The molecule has 1 aromatic rings. The van der Waals surface area contributed by atoms with Gasteiger partial charge in [-0.1, -0.05) is 13.5 Å². The van der Waals surface area contributed by atoms with Gasteiger partial charge in [0.05, 0.1) is 0 Å². The van der Waals surface area contributed by atoms with Crippen molar-refractivity contribution in [2.24, 2.45) is 0 Å². The van der Waals surface area contributed by atoms with Crippen LogP contribution in [0.3, 0.4) is 0 Å². The second-order valence-corrected chi connectivity index (χ2v) is 6.05. The minimum Gasteiger partial charge on any atom is -0.486 e. The zero-order chi connectivity index (χ0) is 13.9. The van der Waals surface area contributed by atoms with Crippen LogP contribution < -0.4 is 4.74 Å². The van der Waals surface area contributed by atoms with Gasteiger partial charge in [-0.2, -0.15) is 4.39 Å². The second-order valence-electron chi connectivity index (χ2n) is 3.52. The maximum Gasteiger partial charge on any atom is 0.264 e. The van der Waals surface area contributed by atoms with Crippen LogP contribution >= 0.6 is 10.7 Å². The van der Waals surface area contributed by atoms with Crippen molar-refractivity contribution in [1.82, 2.24) is 0 Å². The Labute approximate surface area is 108 Å². The molecule has 1 rings (SSSR count). The summed E-state index contributed by atoms with van der Waals surface area (Å²) in [5.41, 5.74) is 0.698. The Hall–Kier alpha value is -1.14. The Morgan fingerprint density at radius 1 is 1.39 bits per heavy atom. The summed E-state index contributed by atoms with van der Waals surface area (Å²) in [7, 11) is 0.624. The van der Waals surface area contributed by atoms with Crippen LogP contribution in [0.5, 0.6) is 5.75 Å². The lowest BCUT2D eigenvalue weighted by atomic mass is 10.2. The fourth-order valence-corrected chi connectivity index (χ4v) is 1.99. The number of halogens is 3. The lowest BCUT2D eigenvalue weighted by molar-refractivity contribution is 0.319. The van der Waals surface area contributed by atoms with Gasteiger partial charge in [-0.05, 0) is 24.1 Å². The summed E-state index contributed by atoms with van der Waals surface area (Å²) in [5.74, 6) is -3.32. The van der Waals surface area contributed by atoms with E-state index in [9.17, 15) is 17.2 Å². The first-order valence-electron chi connectivity index (χ1n) is 4.99. The first-order valence-corrected chi connectivity index (χ1v) is 7.30. The van der Waals surface area contributed by atoms with Gasteiger partial charge in [0.1, 0.15) is 11.5 Å². The molecule has 0 atom stereocenters. The minimum absolute atomic E-state index is 0.0276. The molecule has 0 aromatic heterocycles. The summed E-state index contributed by atoms with van der Waals surface area (Å²) >= 11 is 0. The van der Waals surface area contributed by atoms with Gasteiger partial charge in [0.25, 0.3) is 9.05 Å². The molecule has 18 heavy (non-hydrogen) atoms. The maximum atomic E-state index is 13.5. The molecule has 0 spiro atoms. The van der Waals surface area contributed by atoms with Gasteiger partial charge in [0.2, 0.25) is 5.82 Å². The molecule has 100 valence electrons. The van der Waals surface area contributed by atoms with Crippen LogP contribution in [0.25, 0.3) is 0 Å². The summed E-state index contributed by atoms with van der Waals surface area (Å²) in [4.78, 5) is -0.914. The van der Waals surface area contributed by atoms with Gasteiger partial charge < -0.3 is 4.74 Å². The zero-order valence-corrected chi connectivity index (χ0v) is 11.1. The molecule has 0 radical (unpaired) electrons. The Morgan fingerprint density at radius 3 is 2.50 bits per heavy atom. The van der Waals surface area contributed by atoms with E-state index < -0.39 is 25.6 Å². The van der Waals surface area contributed by atoms with Crippen molar-refractivity contribution in [1.29, 1.82) is 0 Å². The van der Waals surface area contributed by atoms with E-state index in [1.165, 1.54) is 0 Å². The van der Waals surface area contributed by atoms with Crippen LogP contribution in [0.15, 0.2) is 29.2 Å². The van der Waals surface area contributed by atoms with Crippen LogP contribution in [0.2, 0.25) is 0 Å². The molecule has 0 aliphatic rings. The third kappa shape index (κ3) is 3.43. The molecular weight excluding hydrogens is 286 g/mol. The predicted molar refractivity (Wildman–Crippen MR) is 64.3 cm³/mol. The fourth-order valence-electron chi connectivity index (χ4n) is 1.10. The molecule has 0 aliphatic carbocycles. The standard InChI is InChI=1S/C11H11ClF2O3S/c1-3-7(2)6-17-8-4-5-9(18(12,15)16)11(14)10(8)13/h4-5H,2-3,6H2,1H3. The number of rotatable bonds is 5. The molecule has 0 bridgehead atoms. The predicted octanol–water partition coefficient (Wildman–Crippen LogP) is 3.24. The van der Waals surface area contributed by atoms with Gasteiger partial charge in [0, 0.05) is 10.7 Å². The van der Waals surface area contributed by atoms with Crippen LogP contribution in [-0.2, 0) is 9.05 Å². The van der Waals surface area contributed by atoms with E-state index in [1.54, 1.807) is 0 Å². The molecule has 0 unspecified atom stereocenters. The molecule has 0 amide bonds. The molecule has 0 aliphatic heterocycles. The molecule has 3 nitrogen and oxygen atoms in total. The third-order valence-corrected chi connectivity index (χ3v) is 3.55. The van der Waals surface area contributed by atoms with Crippen molar-refractivity contribution in [2.45, 2.75) is 18.2 Å². The highest BCUT2D eigenvalue weighted by molar-refractivity contribution is 8.13. The lowest BCUT2D eigenvalue weighted by Gasteiger charge is -2.09. The maximum absolute atomic E-state index is 13.5. The molecule has 0 fully saturated rings. The summed E-state index contributed by atoms with van der Waals surface area (Å²) in [6.07, 6.45) is 0.637.